The van der Waals surface area contributed by atoms with Gasteiger partial charge in [0, 0.05) is 11.5 Å². The van der Waals surface area contributed by atoms with Crippen molar-refractivity contribution in [1.29, 1.82) is 5.26 Å². The van der Waals surface area contributed by atoms with Gasteiger partial charge in [-0.05, 0) is 29.9 Å². The Labute approximate surface area is 131 Å². The average Bonchev–Trinajstić information content (AvgIpc) is 2.96. The molecule has 1 aliphatic rings. The third-order valence-electron chi connectivity index (χ3n) is 4.74. The quantitative estimate of drug-likeness (QED) is 0.767. The van der Waals surface area contributed by atoms with Gasteiger partial charge in [-0.2, -0.15) is 5.26 Å². The van der Waals surface area contributed by atoms with Crippen molar-refractivity contribution in [1.82, 2.24) is 0 Å². The molecule has 2 heteroatoms. The summed E-state index contributed by atoms with van der Waals surface area (Å²) in [4.78, 5) is 12.7. The summed E-state index contributed by atoms with van der Waals surface area (Å²) in [6.45, 7) is 2.07. The highest BCUT2D eigenvalue weighted by Gasteiger charge is 2.38. The smallest absolute Gasteiger partial charge is 0.167 e. The van der Waals surface area contributed by atoms with E-state index in [0.717, 1.165) is 29.5 Å². The number of nitriles is 1. The number of carbonyl (C=O) groups is 1. The standard InChI is InChI=1S/C20H19NO/c1-14-7-12-18(19(14)13-21)20(22)17-10-8-16(9-11-17)15-5-3-2-4-6-15/h2-6,8-11,14,18-19H,7,12H2,1H3. The molecule has 1 saturated carbocycles. The van der Waals surface area contributed by atoms with Crippen LogP contribution in [0.15, 0.2) is 54.6 Å². The van der Waals surface area contributed by atoms with E-state index in [1.54, 1.807) is 0 Å². The Balaban J connectivity index is 1.82. The van der Waals surface area contributed by atoms with Crippen molar-refractivity contribution >= 4 is 5.78 Å². The van der Waals surface area contributed by atoms with Crippen LogP contribution < -0.4 is 0 Å². The summed E-state index contributed by atoms with van der Waals surface area (Å²) in [7, 11) is 0. The van der Waals surface area contributed by atoms with E-state index < -0.39 is 0 Å². The summed E-state index contributed by atoms with van der Waals surface area (Å²) >= 11 is 0. The van der Waals surface area contributed by atoms with Crippen LogP contribution >= 0.6 is 0 Å². The predicted octanol–water partition coefficient (Wildman–Crippen LogP) is 4.72. The number of benzene rings is 2. The summed E-state index contributed by atoms with van der Waals surface area (Å²) in [5, 5.41) is 9.29. The molecule has 0 saturated heterocycles. The molecule has 0 bridgehead atoms. The van der Waals surface area contributed by atoms with Gasteiger partial charge in [-0.3, -0.25) is 4.79 Å². The highest BCUT2D eigenvalue weighted by atomic mass is 16.1. The highest BCUT2D eigenvalue weighted by Crippen LogP contribution is 2.38. The van der Waals surface area contributed by atoms with Crippen molar-refractivity contribution in [3.8, 4) is 17.2 Å². The van der Waals surface area contributed by atoms with Gasteiger partial charge >= 0.3 is 0 Å². The highest BCUT2D eigenvalue weighted by molar-refractivity contribution is 5.98. The zero-order valence-corrected chi connectivity index (χ0v) is 12.7. The van der Waals surface area contributed by atoms with Crippen LogP contribution in [0.4, 0.5) is 0 Å². The van der Waals surface area contributed by atoms with Crippen LogP contribution in [-0.4, -0.2) is 5.78 Å². The number of hydrogen-bond acceptors (Lipinski definition) is 2. The maximum Gasteiger partial charge on any atom is 0.167 e. The summed E-state index contributed by atoms with van der Waals surface area (Å²) < 4.78 is 0. The molecule has 0 aromatic heterocycles. The molecule has 1 fully saturated rings. The number of carbonyl (C=O) groups excluding carboxylic acids is 1. The van der Waals surface area contributed by atoms with Gasteiger partial charge in [0.25, 0.3) is 0 Å². The van der Waals surface area contributed by atoms with E-state index in [9.17, 15) is 10.1 Å². The summed E-state index contributed by atoms with van der Waals surface area (Å²) in [6.07, 6.45) is 1.80. The normalized spacial score (nSPS) is 23.9. The number of nitrogens with zero attached hydrogens (tertiary/aromatic N) is 1. The Hall–Kier alpha value is -2.40. The molecular weight excluding hydrogens is 270 g/mol. The molecule has 0 aliphatic heterocycles. The lowest BCUT2D eigenvalue weighted by Gasteiger charge is -2.14. The average molecular weight is 289 g/mol. The second kappa shape index (κ2) is 6.15. The maximum atomic E-state index is 12.7. The SMILES string of the molecule is CC1CCC(C(=O)c2ccc(-c3ccccc3)cc2)C1C#N. The van der Waals surface area contributed by atoms with Crippen LogP contribution in [0.3, 0.4) is 0 Å². The number of Topliss-reactive ketones (excluding diaryl/α,β-unsaturated/α-hetero) is 1. The van der Waals surface area contributed by atoms with E-state index in [2.05, 4.69) is 25.1 Å². The van der Waals surface area contributed by atoms with E-state index in [1.165, 1.54) is 0 Å². The summed E-state index contributed by atoms with van der Waals surface area (Å²) in [5.41, 5.74) is 2.97. The van der Waals surface area contributed by atoms with Crippen molar-refractivity contribution in [2.24, 2.45) is 17.8 Å². The minimum absolute atomic E-state index is 0.121. The van der Waals surface area contributed by atoms with Gasteiger partial charge < -0.3 is 0 Å². The molecule has 3 rings (SSSR count). The fourth-order valence-electron chi connectivity index (χ4n) is 3.38. The van der Waals surface area contributed by atoms with Crippen LogP contribution in [0, 0.1) is 29.1 Å². The minimum Gasteiger partial charge on any atom is -0.294 e. The fourth-order valence-corrected chi connectivity index (χ4v) is 3.38. The molecule has 0 heterocycles. The first-order chi connectivity index (χ1) is 10.7. The Morgan fingerprint density at radius 2 is 1.64 bits per heavy atom. The first-order valence-electron chi connectivity index (χ1n) is 7.80. The molecule has 1 aliphatic carbocycles. The van der Waals surface area contributed by atoms with Crippen LogP contribution in [0.1, 0.15) is 30.1 Å². The zero-order chi connectivity index (χ0) is 15.5. The molecule has 3 unspecified atom stereocenters. The van der Waals surface area contributed by atoms with Crippen LogP contribution in [0.2, 0.25) is 0 Å². The molecule has 0 spiro atoms. The van der Waals surface area contributed by atoms with Crippen molar-refractivity contribution in [2.75, 3.05) is 0 Å². The lowest BCUT2D eigenvalue weighted by atomic mass is 9.86. The second-order valence-corrected chi connectivity index (χ2v) is 6.12. The van der Waals surface area contributed by atoms with Gasteiger partial charge in [-0.25, -0.2) is 0 Å². The van der Waals surface area contributed by atoms with E-state index in [4.69, 9.17) is 0 Å². The molecule has 2 aromatic carbocycles. The third kappa shape index (κ3) is 2.67. The first kappa shape index (κ1) is 14.5. The lowest BCUT2D eigenvalue weighted by molar-refractivity contribution is 0.0901. The Morgan fingerprint density at radius 3 is 2.27 bits per heavy atom. The maximum absolute atomic E-state index is 12.7. The molecule has 0 amide bonds. The van der Waals surface area contributed by atoms with E-state index >= 15 is 0 Å². The van der Waals surface area contributed by atoms with Crippen LogP contribution in [0.5, 0.6) is 0 Å². The zero-order valence-electron chi connectivity index (χ0n) is 12.7. The van der Waals surface area contributed by atoms with Gasteiger partial charge in [0.05, 0.1) is 12.0 Å². The largest absolute Gasteiger partial charge is 0.294 e. The molecule has 0 N–H and O–H groups in total. The first-order valence-corrected chi connectivity index (χ1v) is 7.80. The van der Waals surface area contributed by atoms with Crippen molar-refractivity contribution in [3.05, 3.63) is 60.2 Å². The molecular formula is C20H19NO. The van der Waals surface area contributed by atoms with Crippen LogP contribution in [0.25, 0.3) is 11.1 Å². The number of rotatable bonds is 3. The van der Waals surface area contributed by atoms with Crippen molar-refractivity contribution < 1.29 is 4.79 Å². The Kier molecular flexibility index (Phi) is 4.06. The molecule has 2 aromatic rings. The summed E-state index contributed by atoms with van der Waals surface area (Å²) in [6, 6.07) is 20.2. The molecule has 110 valence electrons. The van der Waals surface area contributed by atoms with Crippen LogP contribution in [-0.2, 0) is 0 Å². The summed E-state index contributed by atoms with van der Waals surface area (Å²) in [5.74, 6) is 0.168. The monoisotopic (exact) mass is 289 g/mol. The Morgan fingerprint density at radius 1 is 1.00 bits per heavy atom. The molecule has 0 radical (unpaired) electrons. The minimum atomic E-state index is -0.138. The molecule has 3 atom stereocenters. The Bertz CT molecular complexity index is 697. The van der Waals surface area contributed by atoms with Gasteiger partial charge in [0.2, 0.25) is 0 Å². The lowest BCUT2D eigenvalue weighted by Crippen LogP contribution is -2.20. The predicted molar refractivity (Wildman–Crippen MR) is 87.2 cm³/mol. The molecule has 22 heavy (non-hydrogen) atoms. The van der Waals surface area contributed by atoms with E-state index in [0.29, 0.717) is 5.92 Å². The second-order valence-electron chi connectivity index (χ2n) is 6.12. The van der Waals surface area contributed by atoms with Gasteiger partial charge in [0.15, 0.2) is 5.78 Å². The number of hydrogen-bond donors (Lipinski definition) is 0. The van der Waals surface area contributed by atoms with Gasteiger partial charge in [-0.15, -0.1) is 0 Å². The van der Waals surface area contributed by atoms with E-state index in [-0.39, 0.29) is 17.6 Å². The van der Waals surface area contributed by atoms with Gasteiger partial charge in [0.1, 0.15) is 0 Å². The third-order valence-corrected chi connectivity index (χ3v) is 4.74. The topological polar surface area (TPSA) is 40.9 Å². The van der Waals surface area contributed by atoms with E-state index in [1.807, 2.05) is 42.5 Å². The van der Waals surface area contributed by atoms with Crippen molar-refractivity contribution in [3.63, 3.8) is 0 Å². The fraction of sp³-hybridized carbons (Fsp3) is 0.300. The molecule has 2 nitrogen and oxygen atoms in total. The number of ketones is 1. The van der Waals surface area contributed by atoms with Crippen molar-refractivity contribution in [2.45, 2.75) is 19.8 Å². The van der Waals surface area contributed by atoms with Gasteiger partial charge in [-0.1, -0.05) is 61.5 Å².